The van der Waals surface area contributed by atoms with Crippen LogP contribution in [0.15, 0.2) is 30.3 Å². The molecule has 6 nitrogen and oxygen atoms in total. The van der Waals surface area contributed by atoms with Crippen molar-refractivity contribution in [2.45, 2.75) is 13.8 Å². The van der Waals surface area contributed by atoms with Crippen LogP contribution in [0.4, 0.5) is 11.4 Å². The van der Waals surface area contributed by atoms with Crippen molar-refractivity contribution in [2.24, 2.45) is 0 Å². The predicted octanol–water partition coefficient (Wildman–Crippen LogP) is 4.54. The smallest absolute Gasteiger partial charge is 0.271 e. The fraction of sp³-hybridized carbons (Fsp3) is 0.188. The fourth-order valence-electron chi connectivity index (χ4n) is 2.13. The summed E-state index contributed by atoms with van der Waals surface area (Å²) in [4.78, 5) is 22.1. The minimum atomic E-state index is -0.567. The maximum Gasteiger partial charge on any atom is 0.271 e. The van der Waals surface area contributed by atoms with Crippen LogP contribution in [-0.4, -0.2) is 17.4 Å². The number of amides is 1. The number of hydrogen-bond donors (Lipinski definition) is 1. The van der Waals surface area contributed by atoms with Gasteiger partial charge in [0.1, 0.15) is 5.75 Å². The Balaban J connectivity index is 2.03. The average Bonchev–Trinajstić information content (AvgIpc) is 2.48. The third-order valence-corrected chi connectivity index (χ3v) is 3.75. The number of carbonyl (C=O) groups excluding carboxylic acids is 1. The number of nitro groups is 1. The van der Waals surface area contributed by atoms with Gasteiger partial charge in [-0.05, 0) is 37.1 Å². The number of halogens is 2. The standard InChI is InChI=1S/C16H14Cl2N2O4/c1-9-5-10(2)16(13(18)6-9)24-8-15(21)19-14-4-3-11(20(22)23)7-12(14)17/h3-7H,8H2,1-2H3,(H,19,21). The maximum absolute atomic E-state index is 12.0. The molecule has 0 spiro atoms. The number of nitrogens with zero attached hydrogens (tertiary/aromatic N) is 1. The molecule has 126 valence electrons. The fourth-order valence-corrected chi connectivity index (χ4v) is 2.73. The zero-order chi connectivity index (χ0) is 17.9. The van der Waals surface area contributed by atoms with Crippen molar-refractivity contribution in [3.05, 3.63) is 61.6 Å². The highest BCUT2D eigenvalue weighted by atomic mass is 35.5. The molecule has 1 amide bonds. The highest BCUT2D eigenvalue weighted by molar-refractivity contribution is 6.34. The van der Waals surface area contributed by atoms with Gasteiger partial charge in [0.2, 0.25) is 0 Å². The van der Waals surface area contributed by atoms with Crippen LogP contribution in [0.3, 0.4) is 0 Å². The topological polar surface area (TPSA) is 81.5 Å². The number of nitro benzene ring substituents is 1. The molecule has 0 saturated carbocycles. The molecule has 0 radical (unpaired) electrons. The van der Waals surface area contributed by atoms with E-state index in [4.69, 9.17) is 27.9 Å². The zero-order valence-corrected chi connectivity index (χ0v) is 14.4. The number of benzene rings is 2. The maximum atomic E-state index is 12.0. The third kappa shape index (κ3) is 4.37. The van der Waals surface area contributed by atoms with Gasteiger partial charge in [-0.25, -0.2) is 0 Å². The summed E-state index contributed by atoms with van der Waals surface area (Å²) in [6.07, 6.45) is 0. The monoisotopic (exact) mass is 368 g/mol. The predicted molar refractivity (Wildman–Crippen MR) is 93.2 cm³/mol. The van der Waals surface area contributed by atoms with Crippen LogP contribution in [0.5, 0.6) is 5.75 Å². The summed E-state index contributed by atoms with van der Waals surface area (Å²) in [5.41, 5.74) is 1.92. The first kappa shape index (κ1) is 18.0. The highest BCUT2D eigenvalue weighted by Gasteiger charge is 2.13. The number of carbonyl (C=O) groups is 1. The molecule has 0 aliphatic rings. The lowest BCUT2D eigenvalue weighted by Gasteiger charge is -2.12. The Morgan fingerprint density at radius 1 is 1.21 bits per heavy atom. The van der Waals surface area contributed by atoms with Crippen LogP contribution in [0.1, 0.15) is 11.1 Å². The molecule has 2 aromatic rings. The van der Waals surface area contributed by atoms with Gasteiger partial charge in [-0.2, -0.15) is 0 Å². The second-order valence-corrected chi connectivity index (χ2v) is 5.97. The molecule has 0 aliphatic carbocycles. The Hall–Kier alpha value is -2.31. The molecule has 8 heteroatoms. The van der Waals surface area contributed by atoms with E-state index < -0.39 is 10.8 Å². The molecule has 0 aromatic heterocycles. The Kier molecular flexibility index (Phi) is 5.64. The summed E-state index contributed by atoms with van der Waals surface area (Å²) >= 11 is 12.0. The second kappa shape index (κ2) is 7.51. The Bertz CT molecular complexity index is 786. The summed E-state index contributed by atoms with van der Waals surface area (Å²) in [5.74, 6) is -0.0194. The van der Waals surface area contributed by atoms with Gasteiger partial charge in [0.05, 0.1) is 20.7 Å². The van der Waals surface area contributed by atoms with Crippen LogP contribution >= 0.6 is 23.2 Å². The first-order chi connectivity index (χ1) is 11.3. The Morgan fingerprint density at radius 2 is 1.92 bits per heavy atom. The minimum absolute atomic E-state index is 0.0714. The van der Waals surface area contributed by atoms with Crippen molar-refractivity contribution < 1.29 is 14.5 Å². The molecular weight excluding hydrogens is 355 g/mol. The van der Waals surface area contributed by atoms with E-state index in [-0.39, 0.29) is 23.0 Å². The van der Waals surface area contributed by atoms with E-state index in [9.17, 15) is 14.9 Å². The van der Waals surface area contributed by atoms with Crippen molar-refractivity contribution >= 4 is 40.5 Å². The van der Waals surface area contributed by atoms with E-state index in [1.807, 2.05) is 19.9 Å². The van der Waals surface area contributed by atoms with Gasteiger partial charge in [-0.3, -0.25) is 14.9 Å². The van der Waals surface area contributed by atoms with E-state index in [1.165, 1.54) is 18.2 Å². The van der Waals surface area contributed by atoms with Crippen molar-refractivity contribution in [3.63, 3.8) is 0 Å². The minimum Gasteiger partial charge on any atom is -0.482 e. The molecule has 24 heavy (non-hydrogen) atoms. The number of ether oxygens (including phenoxy) is 1. The van der Waals surface area contributed by atoms with Gasteiger partial charge in [0, 0.05) is 12.1 Å². The van der Waals surface area contributed by atoms with E-state index >= 15 is 0 Å². The van der Waals surface area contributed by atoms with Gasteiger partial charge in [-0.15, -0.1) is 0 Å². The third-order valence-electron chi connectivity index (χ3n) is 3.16. The SMILES string of the molecule is Cc1cc(C)c(OCC(=O)Nc2ccc([N+](=O)[O-])cc2Cl)c(Cl)c1. The molecule has 1 N–H and O–H groups in total. The molecule has 2 aromatic carbocycles. The van der Waals surface area contributed by atoms with Crippen molar-refractivity contribution in [2.75, 3.05) is 11.9 Å². The molecule has 0 unspecified atom stereocenters. The van der Waals surface area contributed by atoms with E-state index in [2.05, 4.69) is 5.32 Å². The number of anilines is 1. The van der Waals surface area contributed by atoms with Crippen LogP contribution in [-0.2, 0) is 4.79 Å². The first-order valence-electron chi connectivity index (χ1n) is 6.91. The molecule has 0 fully saturated rings. The quantitative estimate of drug-likeness (QED) is 0.620. The molecule has 0 bridgehead atoms. The lowest BCUT2D eigenvalue weighted by molar-refractivity contribution is -0.384. The molecule has 0 saturated heterocycles. The number of nitrogens with one attached hydrogen (secondary N) is 1. The molecule has 2 rings (SSSR count). The van der Waals surface area contributed by atoms with Crippen LogP contribution in [0.2, 0.25) is 10.0 Å². The van der Waals surface area contributed by atoms with Crippen LogP contribution in [0.25, 0.3) is 0 Å². The Morgan fingerprint density at radius 3 is 2.50 bits per heavy atom. The molecule has 0 aliphatic heterocycles. The van der Waals surface area contributed by atoms with Crippen LogP contribution < -0.4 is 10.1 Å². The summed E-state index contributed by atoms with van der Waals surface area (Å²) < 4.78 is 5.46. The summed E-state index contributed by atoms with van der Waals surface area (Å²) in [7, 11) is 0. The normalized spacial score (nSPS) is 10.3. The van der Waals surface area contributed by atoms with E-state index in [1.54, 1.807) is 6.07 Å². The lowest BCUT2D eigenvalue weighted by Crippen LogP contribution is -2.20. The number of non-ortho nitro benzene ring substituents is 1. The Labute approximate surface area is 148 Å². The highest BCUT2D eigenvalue weighted by Crippen LogP contribution is 2.30. The van der Waals surface area contributed by atoms with E-state index in [0.29, 0.717) is 10.8 Å². The number of aryl methyl sites for hydroxylation is 2. The van der Waals surface area contributed by atoms with Gasteiger partial charge < -0.3 is 10.1 Å². The van der Waals surface area contributed by atoms with Gasteiger partial charge >= 0.3 is 0 Å². The van der Waals surface area contributed by atoms with Crippen molar-refractivity contribution in [1.29, 1.82) is 0 Å². The number of hydrogen-bond acceptors (Lipinski definition) is 4. The van der Waals surface area contributed by atoms with Gasteiger partial charge in [0.25, 0.3) is 11.6 Å². The molecule has 0 heterocycles. The number of rotatable bonds is 5. The summed E-state index contributed by atoms with van der Waals surface area (Å²) in [6.45, 7) is 3.47. The largest absolute Gasteiger partial charge is 0.482 e. The molecular formula is C16H14Cl2N2O4. The van der Waals surface area contributed by atoms with Gasteiger partial charge in [-0.1, -0.05) is 29.3 Å². The second-order valence-electron chi connectivity index (χ2n) is 5.15. The zero-order valence-electron chi connectivity index (χ0n) is 12.9. The average molecular weight is 369 g/mol. The first-order valence-corrected chi connectivity index (χ1v) is 7.67. The van der Waals surface area contributed by atoms with Crippen molar-refractivity contribution in [3.8, 4) is 5.75 Å². The van der Waals surface area contributed by atoms with E-state index in [0.717, 1.165) is 11.1 Å². The molecule has 0 atom stereocenters. The van der Waals surface area contributed by atoms with Gasteiger partial charge in [0.15, 0.2) is 6.61 Å². The van der Waals surface area contributed by atoms with Crippen LogP contribution in [0, 0.1) is 24.0 Å². The summed E-state index contributed by atoms with van der Waals surface area (Å²) in [6, 6.07) is 7.42. The lowest BCUT2D eigenvalue weighted by atomic mass is 10.1. The van der Waals surface area contributed by atoms with Crippen molar-refractivity contribution in [1.82, 2.24) is 0 Å². The summed E-state index contributed by atoms with van der Waals surface area (Å²) in [5, 5.41) is 13.7.